The van der Waals surface area contributed by atoms with Crippen molar-refractivity contribution in [3.8, 4) is 10.9 Å². The Kier molecular flexibility index (Phi) is 6.90. The second-order valence-electron chi connectivity index (χ2n) is 8.43. The van der Waals surface area contributed by atoms with Gasteiger partial charge in [0.05, 0.1) is 33.9 Å². The molecule has 0 N–H and O–H groups in total. The first kappa shape index (κ1) is 23.5. The number of thiazole rings is 1. The minimum atomic E-state index is -3.31. The molecule has 1 amide bonds. The number of sulfone groups is 1. The van der Waals surface area contributed by atoms with Gasteiger partial charge >= 0.3 is 0 Å². The van der Waals surface area contributed by atoms with Gasteiger partial charge in [-0.25, -0.2) is 13.4 Å². The Balaban J connectivity index is 1.30. The summed E-state index contributed by atoms with van der Waals surface area (Å²) in [7, 11) is -1.67. The molecule has 1 fully saturated rings. The van der Waals surface area contributed by atoms with Gasteiger partial charge in [0.1, 0.15) is 11.9 Å². The van der Waals surface area contributed by atoms with Gasteiger partial charge in [-0.1, -0.05) is 23.5 Å². The van der Waals surface area contributed by atoms with Crippen molar-refractivity contribution in [1.29, 1.82) is 0 Å². The van der Waals surface area contributed by atoms with E-state index in [1.165, 1.54) is 11.3 Å². The van der Waals surface area contributed by atoms with Crippen molar-refractivity contribution in [3.63, 3.8) is 0 Å². The topological polar surface area (TPSA) is 85.8 Å². The quantitative estimate of drug-likeness (QED) is 0.498. The summed E-state index contributed by atoms with van der Waals surface area (Å²) >= 11 is 1.50. The van der Waals surface area contributed by atoms with Crippen molar-refractivity contribution in [1.82, 2.24) is 9.88 Å². The molecule has 0 radical (unpaired) electrons. The largest absolute Gasteiger partial charge is 0.497 e. The van der Waals surface area contributed by atoms with Gasteiger partial charge in [0.15, 0.2) is 9.84 Å². The molecule has 3 aromatic rings. The highest BCUT2D eigenvalue weighted by atomic mass is 32.2. The number of aromatic nitrogens is 1. The monoisotopic (exact) mass is 488 g/mol. The minimum Gasteiger partial charge on any atom is -0.497 e. The Hall–Kier alpha value is -2.65. The van der Waals surface area contributed by atoms with Crippen LogP contribution in [0, 0.1) is 0 Å². The number of amides is 1. The Labute approximate surface area is 198 Å². The van der Waals surface area contributed by atoms with E-state index >= 15 is 0 Å². The summed E-state index contributed by atoms with van der Waals surface area (Å²) in [6, 6.07) is 12.4. The zero-order chi connectivity index (χ0) is 23.6. The van der Waals surface area contributed by atoms with E-state index < -0.39 is 15.1 Å². The summed E-state index contributed by atoms with van der Waals surface area (Å²) in [6.07, 6.45) is 1.78. The lowest BCUT2D eigenvalue weighted by atomic mass is 10.1. The predicted molar refractivity (Wildman–Crippen MR) is 129 cm³/mol. The van der Waals surface area contributed by atoms with Gasteiger partial charge in [0, 0.05) is 25.9 Å². The Morgan fingerprint density at radius 3 is 2.48 bits per heavy atom. The summed E-state index contributed by atoms with van der Waals surface area (Å²) in [5.41, 5.74) is 1.70. The second kappa shape index (κ2) is 9.69. The molecule has 0 saturated carbocycles. The zero-order valence-electron chi connectivity index (χ0n) is 19.0. The molecular formula is C24H28N2O5S2. The van der Waals surface area contributed by atoms with E-state index in [2.05, 4.69) is 4.98 Å². The Morgan fingerprint density at radius 2 is 1.85 bits per heavy atom. The fourth-order valence-electron chi connectivity index (χ4n) is 3.78. The van der Waals surface area contributed by atoms with Crippen LogP contribution in [0.25, 0.3) is 10.2 Å². The fourth-order valence-corrected chi connectivity index (χ4v) is 5.75. The number of piperidine rings is 1. The van der Waals surface area contributed by atoms with Gasteiger partial charge < -0.3 is 14.4 Å². The van der Waals surface area contributed by atoms with E-state index in [4.69, 9.17) is 9.47 Å². The zero-order valence-corrected chi connectivity index (χ0v) is 20.6. The van der Waals surface area contributed by atoms with Crippen molar-refractivity contribution in [2.24, 2.45) is 0 Å². The normalized spacial score (nSPS) is 15.2. The molecule has 1 aliphatic heterocycles. The lowest BCUT2D eigenvalue weighted by Crippen LogP contribution is -2.42. The summed E-state index contributed by atoms with van der Waals surface area (Å²) in [6.45, 7) is 4.58. The van der Waals surface area contributed by atoms with Crippen molar-refractivity contribution in [3.05, 3.63) is 48.0 Å². The van der Waals surface area contributed by atoms with E-state index in [-0.39, 0.29) is 18.4 Å². The molecule has 2 aromatic carbocycles. The maximum atomic E-state index is 12.7. The van der Waals surface area contributed by atoms with Crippen LogP contribution in [0.3, 0.4) is 0 Å². The van der Waals surface area contributed by atoms with Crippen LogP contribution in [-0.4, -0.2) is 55.8 Å². The average Bonchev–Trinajstić information content (AvgIpc) is 3.21. The van der Waals surface area contributed by atoms with Gasteiger partial charge in [-0.3, -0.25) is 4.79 Å². The van der Waals surface area contributed by atoms with Crippen LogP contribution in [0.1, 0.15) is 32.3 Å². The lowest BCUT2D eigenvalue weighted by molar-refractivity contribution is -0.132. The number of fused-ring (bicyclic) bond motifs is 1. The summed E-state index contributed by atoms with van der Waals surface area (Å²) in [5, 5.41) is 0.165. The number of nitrogens with zero attached hydrogens (tertiary/aromatic N) is 2. The van der Waals surface area contributed by atoms with Crippen LogP contribution in [0.15, 0.2) is 47.4 Å². The SMILES string of the molecule is COc1ccc2nc(OC3CCN(C(=O)Cc4ccc(S(=O)(=O)C(C)C)cc4)CC3)sc2c1. The van der Waals surface area contributed by atoms with E-state index in [0.29, 0.717) is 23.2 Å². The molecule has 0 aliphatic carbocycles. The molecule has 2 heterocycles. The Bertz CT molecular complexity index is 1230. The standard InChI is InChI=1S/C24H28N2O5S2/c1-16(2)33(28,29)20-7-4-17(5-8-20)14-23(27)26-12-10-18(11-13-26)31-24-25-21-9-6-19(30-3)15-22(21)32-24/h4-9,15-16,18H,10-14H2,1-3H3. The van der Waals surface area contributed by atoms with E-state index in [9.17, 15) is 13.2 Å². The van der Waals surface area contributed by atoms with Crippen LogP contribution in [0.5, 0.6) is 10.9 Å². The van der Waals surface area contributed by atoms with Gasteiger partial charge in [-0.15, -0.1) is 0 Å². The number of hydrogen-bond acceptors (Lipinski definition) is 7. The third-order valence-corrected chi connectivity index (χ3v) is 8.95. The lowest BCUT2D eigenvalue weighted by Gasteiger charge is -2.31. The van der Waals surface area contributed by atoms with Crippen molar-refractivity contribution < 1.29 is 22.7 Å². The molecule has 7 nitrogen and oxygen atoms in total. The minimum absolute atomic E-state index is 0.0250. The van der Waals surface area contributed by atoms with Gasteiger partial charge in [0.2, 0.25) is 5.91 Å². The van der Waals surface area contributed by atoms with Gasteiger partial charge in [-0.05, 0) is 49.7 Å². The first-order chi connectivity index (χ1) is 15.8. The van der Waals surface area contributed by atoms with E-state index in [0.717, 1.165) is 34.4 Å². The smallest absolute Gasteiger partial charge is 0.274 e. The maximum Gasteiger partial charge on any atom is 0.274 e. The molecule has 0 unspecified atom stereocenters. The number of benzene rings is 2. The molecule has 33 heavy (non-hydrogen) atoms. The number of rotatable bonds is 7. The third kappa shape index (κ3) is 5.30. The number of carbonyl (C=O) groups is 1. The van der Waals surface area contributed by atoms with Crippen molar-refractivity contribution in [2.45, 2.75) is 49.4 Å². The molecule has 1 aliphatic rings. The fraction of sp³-hybridized carbons (Fsp3) is 0.417. The van der Waals surface area contributed by atoms with Crippen LogP contribution in [-0.2, 0) is 21.1 Å². The van der Waals surface area contributed by atoms with E-state index in [1.54, 1.807) is 45.2 Å². The van der Waals surface area contributed by atoms with Crippen molar-refractivity contribution >= 4 is 37.3 Å². The highest BCUT2D eigenvalue weighted by molar-refractivity contribution is 7.92. The highest BCUT2D eigenvalue weighted by Crippen LogP contribution is 2.32. The van der Waals surface area contributed by atoms with Crippen LogP contribution in [0.2, 0.25) is 0 Å². The first-order valence-electron chi connectivity index (χ1n) is 11.0. The van der Waals surface area contributed by atoms with Crippen LogP contribution < -0.4 is 9.47 Å². The number of methoxy groups -OCH3 is 1. The molecular weight excluding hydrogens is 460 g/mol. The number of hydrogen-bond donors (Lipinski definition) is 0. The van der Waals surface area contributed by atoms with E-state index in [1.807, 2.05) is 23.1 Å². The molecule has 1 saturated heterocycles. The molecule has 9 heteroatoms. The summed E-state index contributed by atoms with van der Waals surface area (Å²) in [4.78, 5) is 19.4. The maximum absolute atomic E-state index is 12.7. The molecule has 4 rings (SSSR count). The van der Waals surface area contributed by atoms with Gasteiger partial charge in [0.25, 0.3) is 5.19 Å². The highest BCUT2D eigenvalue weighted by Gasteiger charge is 2.25. The summed E-state index contributed by atoms with van der Waals surface area (Å²) < 4.78 is 36.9. The molecule has 0 spiro atoms. The number of carbonyl (C=O) groups excluding carboxylic acids is 1. The van der Waals surface area contributed by atoms with Crippen LogP contribution >= 0.6 is 11.3 Å². The Morgan fingerprint density at radius 1 is 1.15 bits per heavy atom. The molecule has 176 valence electrons. The van der Waals surface area contributed by atoms with Gasteiger partial charge in [-0.2, -0.15) is 0 Å². The molecule has 1 aromatic heterocycles. The number of likely N-dealkylation sites (tertiary alicyclic amines) is 1. The summed E-state index contributed by atoms with van der Waals surface area (Å²) in [5.74, 6) is 0.834. The predicted octanol–water partition coefficient (Wildman–Crippen LogP) is 4.10. The molecule has 0 bridgehead atoms. The second-order valence-corrected chi connectivity index (χ2v) is 11.9. The average molecular weight is 489 g/mol. The van der Waals surface area contributed by atoms with Crippen LogP contribution in [0.4, 0.5) is 0 Å². The number of ether oxygens (including phenoxy) is 2. The third-order valence-electron chi connectivity index (χ3n) is 5.87. The molecule has 0 atom stereocenters. The van der Waals surface area contributed by atoms with Crippen molar-refractivity contribution in [2.75, 3.05) is 20.2 Å². The first-order valence-corrected chi connectivity index (χ1v) is 13.3.